The zero-order valence-corrected chi connectivity index (χ0v) is 21.3. The van der Waals surface area contributed by atoms with Gasteiger partial charge in [-0.3, -0.25) is 9.59 Å². The van der Waals surface area contributed by atoms with Crippen molar-refractivity contribution < 1.29 is 4.79 Å². The monoisotopic (exact) mass is 531 g/mol. The highest BCUT2D eigenvalue weighted by atomic mass is 79.9. The Labute approximate surface area is 204 Å². The number of ketones is 1. The number of halogens is 1. The lowest BCUT2D eigenvalue weighted by Gasteiger charge is -2.24. The van der Waals surface area contributed by atoms with Gasteiger partial charge in [0.25, 0.3) is 5.56 Å². The average Bonchev–Trinajstić information content (AvgIpc) is 3.18. The lowest BCUT2D eigenvalue weighted by atomic mass is 9.95. The van der Waals surface area contributed by atoms with Crippen LogP contribution in [0.15, 0.2) is 38.6 Å². The SMILES string of the molecule is CN1CCc2c(sc3c(SCC(=O)c4ccc(Br)cc4)nn(C4CCCCC4)c(=O)c23)C1. The van der Waals surface area contributed by atoms with E-state index in [0.717, 1.165) is 64.8 Å². The van der Waals surface area contributed by atoms with Crippen molar-refractivity contribution in [3.63, 3.8) is 0 Å². The summed E-state index contributed by atoms with van der Waals surface area (Å²) in [5.41, 5.74) is 1.98. The number of carbonyl (C=O) groups is 1. The van der Waals surface area contributed by atoms with Crippen LogP contribution >= 0.6 is 39.0 Å². The fourth-order valence-corrected chi connectivity index (χ4v) is 7.41. The molecule has 0 unspecified atom stereocenters. The molecule has 32 heavy (non-hydrogen) atoms. The minimum Gasteiger partial charge on any atom is -0.301 e. The Morgan fingerprint density at radius 1 is 1.22 bits per heavy atom. The first-order valence-corrected chi connectivity index (χ1v) is 13.8. The predicted molar refractivity (Wildman–Crippen MR) is 135 cm³/mol. The van der Waals surface area contributed by atoms with E-state index < -0.39 is 0 Å². The van der Waals surface area contributed by atoms with Crippen LogP contribution in [0, 0.1) is 0 Å². The third-order valence-corrected chi connectivity index (χ3v) is 9.34. The molecular weight excluding hydrogens is 506 g/mol. The Bertz CT molecular complexity index is 1210. The van der Waals surface area contributed by atoms with E-state index in [-0.39, 0.29) is 17.4 Å². The molecule has 3 aromatic rings. The highest BCUT2D eigenvalue weighted by molar-refractivity contribution is 9.10. The van der Waals surface area contributed by atoms with Crippen LogP contribution in [0.4, 0.5) is 0 Å². The van der Waals surface area contributed by atoms with Crippen molar-refractivity contribution >= 4 is 54.9 Å². The fraction of sp³-hybridized carbons (Fsp3) is 0.458. The third kappa shape index (κ3) is 4.34. The molecule has 0 radical (unpaired) electrons. The zero-order chi connectivity index (χ0) is 22.2. The molecule has 1 fully saturated rings. The normalized spacial score (nSPS) is 17.6. The van der Waals surface area contributed by atoms with Gasteiger partial charge in [0.1, 0.15) is 5.03 Å². The van der Waals surface area contributed by atoms with Crippen LogP contribution in [0.5, 0.6) is 0 Å². The summed E-state index contributed by atoms with van der Waals surface area (Å²) in [5, 5.41) is 6.56. The molecule has 3 heterocycles. The van der Waals surface area contributed by atoms with Crippen molar-refractivity contribution in [2.45, 2.75) is 56.1 Å². The number of rotatable bonds is 5. The predicted octanol–water partition coefficient (Wildman–Crippen LogP) is 5.69. The zero-order valence-electron chi connectivity index (χ0n) is 18.1. The number of aromatic nitrogens is 2. The second-order valence-electron chi connectivity index (χ2n) is 8.76. The number of fused-ring (bicyclic) bond motifs is 3. The maximum atomic E-state index is 13.6. The van der Waals surface area contributed by atoms with E-state index in [0.29, 0.717) is 11.3 Å². The van der Waals surface area contributed by atoms with Crippen molar-refractivity contribution in [2.24, 2.45) is 0 Å². The molecule has 1 aromatic carbocycles. The lowest BCUT2D eigenvalue weighted by Crippen LogP contribution is -2.30. The fourth-order valence-electron chi connectivity index (χ4n) is 4.73. The van der Waals surface area contributed by atoms with Gasteiger partial charge >= 0.3 is 0 Å². The number of likely N-dealkylation sites (N-methyl/N-ethyl adjacent to an activating group) is 1. The number of hydrogen-bond acceptors (Lipinski definition) is 6. The van der Waals surface area contributed by atoms with Crippen molar-refractivity contribution in [1.29, 1.82) is 0 Å². The van der Waals surface area contributed by atoms with E-state index in [1.807, 2.05) is 24.3 Å². The molecule has 0 spiro atoms. The summed E-state index contributed by atoms with van der Waals surface area (Å²) >= 11 is 6.59. The molecule has 0 saturated heterocycles. The van der Waals surface area contributed by atoms with Gasteiger partial charge in [-0.2, -0.15) is 5.10 Å². The molecule has 1 aliphatic heterocycles. The van der Waals surface area contributed by atoms with E-state index in [1.54, 1.807) is 16.0 Å². The van der Waals surface area contributed by atoms with Crippen LogP contribution in [0.2, 0.25) is 0 Å². The van der Waals surface area contributed by atoms with Crippen LogP contribution < -0.4 is 5.56 Å². The topological polar surface area (TPSA) is 55.2 Å². The molecule has 1 saturated carbocycles. The highest BCUT2D eigenvalue weighted by Crippen LogP contribution is 2.38. The summed E-state index contributed by atoms with van der Waals surface area (Å²) in [6, 6.07) is 7.64. The molecule has 168 valence electrons. The Hall–Kier alpha value is -1.48. The van der Waals surface area contributed by atoms with Gasteiger partial charge in [-0.05, 0) is 44.0 Å². The molecule has 0 N–H and O–H groups in total. The maximum absolute atomic E-state index is 13.6. The standard InChI is InChI=1S/C24H26BrN3O2S2/c1-27-12-11-18-20(13-27)32-22-21(18)24(30)28(17-5-3-2-4-6-17)26-23(22)31-14-19(29)15-7-9-16(25)10-8-15/h7-10,17H,2-6,11-14H2,1H3. The number of thioether (sulfide) groups is 1. The first-order chi connectivity index (χ1) is 15.5. The van der Waals surface area contributed by atoms with Crippen LogP contribution in [0.25, 0.3) is 10.1 Å². The van der Waals surface area contributed by atoms with Crippen molar-refractivity contribution in [3.8, 4) is 0 Å². The van der Waals surface area contributed by atoms with Gasteiger partial charge in [0, 0.05) is 28.0 Å². The van der Waals surface area contributed by atoms with Crippen LogP contribution in [-0.2, 0) is 13.0 Å². The van der Waals surface area contributed by atoms with E-state index >= 15 is 0 Å². The summed E-state index contributed by atoms with van der Waals surface area (Å²) in [5.74, 6) is 0.392. The van der Waals surface area contributed by atoms with Crippen molar-refractivity contribution in [2.75, 3.05) is 19.3 Å². The quantitative estimate of drug-likeness (QED) is 0.312. The number of hydrogen-bond donors (Lipinski definition) is 0. The number of carbonyl (C=O) groups excluding carboxylic acids is 1. The summed E-state index contributed by atoms with van der Waals surface area (Å²) in [6.07, 6.45) is 6.45. The number of nitrogens with zero attached hydrogens (tertiary/aromatic N) is 3. The van der Waals surface area contributed by atoms with Crippen LogP contribution in [0.3, 0.4) is 0 Å². The molecule has 0 amide bonds. The van der Waals surface area contributed by atoms with E-state index in [9.17, 15) is 9.59 Å². The minimum atomic E-state index is 0.0672. The molecule has 8 heteroatoms. The number of benzene rings is 1. The Kier molecular flexibility index (Phi) is 6.56. The van der Waals surface area contributed by atoms with E-state index in [1.165, 1.54) is 28.6 Å². The third-order valence-electron chi connectivity index (χ3n) is 6.49. The summed E-state index contributed by atoms with van der Waals surface area (Å²) in [7, 11) is 2.12. The second kappa shape index (κ2) is 9.41. The summed E-state index contributed by atoms with van der Waals surface area (Å²) in [4.78, 5) is 30.0. The van der Waals surface area contributed by atoms with Gasteiger partial charge in [-0.25, -0.2) is 4.68 Å². The molecule has 2 aliphatic rings. The number of Topliss-reactive ketones (excluding diaryl/α,β-unsaturated/α-hetero) is 1. The summed E-state index contributed by atoms with van der Waals surface area (Å²) < 4.78 is 3.69. The lowest BCUT2D eigenvalue weighted by molar-refractivity contribution is 0.102. The van der Waals surface area contributed by atoms with Gasteiger partial charge < -0.3 is 4.90 Å². The van der Waals surface area contributed by atoms with Gasteiger partial charge in [0.2, 0.25) is 0 Å². The van der Waals surface area contributed by atoms with Crippen LogP contribution in [-0.4, -0.2) is 39.8 Å². The molecule has 0 bridgehead atoms. The smallest absolute Gasteiger partial charge is 0.276 e. The molecule has 5 nitrogen and oxygen atoms in total. The highest BCUT2D eigenvalue weighted by Gasteiger charge is 2.27. The summed E-state index contributed by atoms with van der Waals surface area (Å²) in [6.45, 7) is 1.84. The maximum Gasteiger partial charge on any atom is 0.276 e. The Balaban J connectivity index is 1.54. The first kappa shape index (κ1) is 22.3. The molecular formula is C24H26BrN3O2S2. The second-order valence-corrected chi connectivity index (χ2v) is 11.7. The minimum absolute atomic E-state index is 0.0672. The number of thiophene rings is 1. The van der Waals surface area contributed by atoms with Crippen molar-refractivity contribution in [1.82, 2.24) is 14.7 Å². The van der Waals surface area contributed by atoms with Crippen LogP contribution in [0.1, 0.15) is 58.9 Å². The average molecular weight is 533 g/mol. The largest absolute Gasteiger partial charge is 0.301 e. The Morgan fingerprint density at radius 3 is 2.72 bits per heavy atom. The Morgan fingerprint density at radius 2 is 1.97 bits per heavy atom. The first-order valence-electron chi connectivity index (χ1n) is 11.2. The van der Waals surface area contributed by atoms with Crippen molar-refractivity contribution in [3.05, 3.63) is 55.1 Å². The molecule has 1 aliphatic carbocycles. The molecule has 2 aromatic heterocycles. The van der Waals surface area contributed by atoms with Gasteiger partial charge in [-0.1, -0.05) is 59.1 Å². The van der Waals surface area contributed by atoms with Gasteiger partial charge in [-0.15, -0.1) is 11.3 Å². The van der Waals surface area contributed by atoms with Gasteiger partial charge in [0.05, 0.1) is 21.9 Å². The molecule has 5 rings (SSSR count). The van der Waals surface area contributed by atoms with E-state index in [4.69, 9.17) is 5.10 Å². The van der Waals surface area contributed by atoms with Gasteiger partial charge in [0.15, 0.2) is 5.78 Å². The molecule has 0 atom stereocenters. The van der Waals surface area contributed by atoms with E-state index in [2.05, 4.69) is 27.9 Å².